The van der Waals surface area contributed by atoms with E-state index < -0.39 is 5.97 Å². The van der Waals surface area contributed by atoms with Crippen LogP contribution in [-0.2, 0) is 20.9 Å². The van der Waals surface area contributed by atoms with Gasteiger partial charge in [-0.2, -0.15) is 0 Å². The normalized spacial score (nSPS) is 12.2. The molecule has 1 aromatic heterocycles. The third kappa shape index (κ3) is 3.73. The van der Waals surface area contributed by atoms with E-state index in [4.69, 9.17) is 14.6 Å². The summed E-state index contributed by atoms with van der Waals surface area (Å²) in [7, 11) is 2.99. The molecule has 5 heteroatoms. The largest absolute Gasteiger partial charge is 0.490 e. The van der Waals surface area contributed by atoms with E-state index in [9.17, 15) is 4.79 Å². The molecule has 1 heterocycles. The van der Waals surface area contributed by atoms with Crippen molar-refractivity contribution in [1.82, 2.24) is 4.98 Å². The first kappa shape index (κ1) is 14.9. The third-order valence-electron chi connectivity index (χ3n) is 2.97. The second-order valence-corrected chi connectivity index (χ2v) is 4.48. The van der Waals surface area contributed by atoms with Crippen LogP contribution < -0.4 is 0 Å². The van der Waals surface area contributed by atoms with Crippen molar-refractivity contribution in [3.63, 3.8) is 0 Å². The maximum atomic E-state index is 10.8. The molecule has 0 saturated heterocycles. The monoisotopic (exact) mass is 287 g/mol. The molecule has 0 saturated carbocycles. The van der Waals surface area contributed by atoms with Gasteiger partial charge in [-0.25, -0.2) is 4.79 Å². The summed E-state index contributed by atoms with van der Waals surface area (Å²) >= 11 is 0. The SMILES string of the molecule is COCc1ccc2[nH]c(/C=C/C=C(/OC)C(=O)O)cc2c1. The predicted molar refractivity (Wildman–Crippen MR) is 80.8 cm³/mol. The smallest absolute Gasteiger partial charge is 0.371 e. The molecule has 0 unspecified atom stereocenters. The highest BCUT2D eigenvalue weighted by Gasteiger charge is 2.04. The minimum Gasteiger partial charge on any atom is -0.490 e. The van der Waals surface area contributed by atoms with Crippen molar-refractivity contribution in [2.75, 3.05) is 14.2 Å². The second-order valence-electron chi connectivity index (χ2n) is 4.48. The first-order valence-corrected chi connectivity index (χ1v) is 6.40. The van der Waals surface area contributed by atoms with Gasteiger partial charge in [0.25, 0.3) is 0 Å². The Kier molecular flexibility index (Phi) is 4.79. The van der Waals surface area contributed by atoms with E-state index in [0.717, 1.165) is 22.2 Å². The number of methoxy groups -OCH3 is 2. The van der Waals surface area contributed by atoms with Gasteiger partial charge in [-0.3, -0.25) is 0 Å². The maximum Gasteiger partial charge on any atom is 0.371 e. The van der Waals surface area contributed by atoms with Gasteiger partial charge in [0.2, 0.25) is 5.76 Å². The molecule has 1 aromatic carbocycles. The molecule has 0 amide bonds. The highest BCUT2D eigenvalue weighted by molar-refractivity contribution is 5.85. The Morgan fingerprint density at radius 3 is 2.81 bits per heavy atom. The Balaban J connectivity index is 2.21. The van der Waals surface area contributed by atoms with Crippen LogP contribution in [-0.4, -0.2) is 30.3 Å². The summed E-state index contributed by atoms with van der Waals surface area (Å²) < 4.78 is 9.85. The first-order chi connectivity index (χ1) is 10.1. The van der Waals surface area contributed by atoms with E-state index in [1.165, 1.54) is 13.2 Å². The molecule has 21 heavy (non-hydrogen) atoms. The number of nitrogens with one attached hydrogen (secondary N) is 1. The summed E-state index contributed by atoms with van der Waals surface area (Å²) in [4.78, 5) is 14.0. The molecule has 5 nitrogen and oxygen atoms in total. The van der Waals surface area contributed by atoms with E-state index >= 15 is 0 Å². The number of fused-ring (bicyclic) bond motifs is 1. The highest BCUT2D eigenvalue weighted by atomic mass is 16.5. The van der Waals surface area contributed by atoms with Crippen LogP contribution >= 0.6 is 0 Å². The lowest BCUT2D eigenvalue weighted by atomic mass is 10.1. The molecule has 2 aromatic rings. The molecule has 0 aliphatic heterocycles. The molecule has 0 fully saturated rings. The van der Waals surface area contributed by atoms with E-state index in [1.54, 1.807) is 19.3 Å². The Hall–Kier alpha value is -2.53. The van der Waals surface area contributed by atoms with Crippen molar-refractivity contribution in [2.24, 2.45) is 0 Å². The summed E-state index contributed by atoms with van der Waals surface area (Å²) in [6.45, 7) is 0.574. The second kappa shape index (κ2) is 6.76. The number of H-pyrrole nitrogens is 1. The minimum absolute atomic E-state index is 0.107. The van der Waals surface area contributed by atoms with Crippen LogP contribution in [0.2, 0.25) is 0 Å². The van der Waals surface area contributed by atoms with Crippen LogP contribution in [0.25, 0.3) is 17.0 Å². The summed E-state index contributed by atoms with van der Waals surface area (Å²) in [5.41, 5.74) is 3.01. The molecule has 2 rings (SSSR count). The molecule has 0 bridgehead atoms. The zero-order valence-electron chi connectivity index (χ0n) is 11.9. The fourth-order valence-corrected chi connectivity index (χ4v) is 2.02. The number of hydrogen-bond acceptors (Lipinski definition) is 3. The lowest BCUT2D eigenvalue weighted by molar-refractivity contribution is -0.136. The van der Waals surface area contributed by atoms with E-state index in [-0.39, 0.29) is 5.76 Å². The molecule has 0 aliphatic rings. The van der Waals surface area contributed by atoms with Crippen LogP contribution in [0.1, 0.15) is 11.3 Å². The van der Waals surface area contributed by atoms with Crippen molar-refractivity contribution in [3.05, 3.63) is 53.4 Å². The lowest BCUT2D eigenvalue weighted by Crippen LogP contribution is -2.01. The van der Waals surface area contributed by atoms with Gasteiger partial charge < -0.3 is 19.6 Å². The minimum atomic E-state index is -1.09. The Morgan fingerprint density at radius 1 is 1.33 bits per heavy atom. The Labute approximate surface area is 122 Å². The van der Waals surface area contributed by atoms with Crippen LogP contribution in [0.4, 0.5) is 0 Å². The third-order valence-corrected chi connectivity index (χ3v) is 2.97. The molecular formula is C16H17NO4. The van der Waals surface area contributed by atoms with Gasteiger partial charge in [-0.1, -0.05) is 12.1 Å². The van der Waals surface area contributed by atoms with Crippen LogP contribution in [0.3, 0.4) is 0 Å². The van der Waals surface area contributed by atoms with Gasteiger partial charge in [-0.05, 0) is 35.9 Å². The number of carbonyl (C=O) groups is 1. The van der Waals surface area contributed by atoms with Crippen LogP contribution in [0, 0.1) is 0 Å². The number of allylic oxidation sites excluding steroid dienone is 2. The van der Waals surface area contributed by atoms with Crippen LogP contribution in [0.15, 0.2) is 42.2 Å². The number of hydrogen-bond donors (Lipinski definition) is 2. The van der Waals surface area contributed by atoms with Crippen LogP contribution in [0.5, 0.6) is 0 Å². The maximum absolute atomic E-state index is 10.8. The Bertz CT molecular complexity index is 697. The summed E-state index contributed by atoms with van der Waals surface area (Å²) in [5, 5.41) is 9.90. The van der Waals surface area contributed by atoms with Crippen molar-refractivity contribution in [2.45, 2.75) is 6.61 Å². The lowest BCUT2D eigenvalue weighted by Gasteiger charge is -1.98. The Morgan fingerprint density at radius 2 is 2.14 bits per heavy atom. The predicted octanol–water partition coefficient (Wildman–Crippen LogP) is 2.94. The van der Waals surface area contributed by atoms with Crippen molar-refractivity contribution < 1.29 is 19.4 Å². The number of carboxylic acids is 1. The number of ether oxygens (including phenoxy) is 2. The fourth-order valence-electron chi connectivity index (χ4n) is 2.02. The van der Waals surface area contributed by atoms with Gasteiger partial charge in [-0.15, -0.1) is 0 Å². The van der Waals surface area contributed by atoms with E-state index in [0.29, 0.717) is 6.61 Å². The molecule has 0 spiro atoms. The molecule has 110 valence electrons. The molecule has 2 N–H and O–H groups in total. The highest BCUT2D eigenvalue weighted by Crippen LogP contribution is 2.18. The molecule has 0 radical (unpaired) electrons. The van der Waals surface area contributed by atoms with E-state index in [1.807, 2.05) is 18.2 Å². The number of aromatic nitrogens is 1. The molecular weight excluding hydrogens is 270 g/mol. The van der Waals surface area contributed by atoms with Gasteiger partial charge in [0, 0.05) is 23.7 Å². The number of rotatable bonds is 6. The van der Waals surface area contributed by atoms with Gasteiger partial charge >= 0.3 is 5.97 Å². The standard InChI is InChI=1S/C16H17NO4/c1-20-10-11-6-7-14-12(8-11)9-13(17-14)4-3-5-15(21-2)16(18)19/h3-9,17H,10H2,1-2H3,(H,18,19)/b4-3+,15-5+. The van der Waals surface area contributed by atoms with Gasteiger partial charge in [0.15, 0.2) is 0 Å². The number of carboxylic acid groups (broad SMARTS) is 1. The molecule has 0 aliphatic carbocycles. The fraction of sp³-hybridized carbons (Fsp3) is 0.188. The van der Waals surface area contributed by atoms with Gasteiger partial charge in [0.05, 0.1) is 13.7 Å². The summed E-state index contributed by atoms with van der Waals surface area (Å²) in [5.74, 6) is -1.20. The zero-order valence-corrected chi connectivity index (χ0v) is 11.9. The van der Waals surface area contributed by atoms with Crippen molar-refractivity contribution in [3.8, 4) is 0 Å². The zero-order chi connectivity index (χ0) is 15.2. The van der Waals surface area contributed by atoms with Crippen molar-refractivity contribution in [1.29, 1.82) is 0 Å². The molecule has 0 atom stereocenters. The van der Waals surface area contributed by atoms with Gasteiger partial charge in [0.1, 0.15) is 0 Å². The summed E-state index contributed by atoms with van der Waals surface area (Å²) in [6, 6.07) is 8.05. The first-order valence-electron chi connectivity index (χ1n) is 6.40. The van der Waals surface area contributed by atoms with E-state index in [2.05, 4.69) is 11.1 Å². The quantitative estimate of drug-likeness (QED) is 0.487. The van der Waals surface area contributed by atoms with Crippen molar-refractivity contribution >= 4 is 22.9 Å². The topological polar surface area (TPSA) is 71.5 Å². The number of aliphatic carboxylic acids is 1. The summed E-state index contributed by atoms with van der Waals surface area (Å²) in [6.07, 6.45) is 4.83. The number of aromatic amines is 1. The average Bonchev–Trinajstić information content (AvgIpc) is 2.85. The average molecular weight is 287 g/mol. The number of benzene rings is 1.